The van der Waals surface area contributed by atoms with Crippen molar-refractivity contribution in [3.63, 3.8) is 0 Å². The van der Waals surface area contributed by atoms with Gasteiger partial charge in [0.1, 0.15) is 17.8 Å². The van der Waals surface area contributed by atoms with Crippen LogP contribution in [0.3, 0.4) is 0 Å². The molecule has 30 heavy (non-hydrogen) atoms. The van der Waals surface area contributed by atoms with Gasteiger partial charge in [-0.3, -0.25) is 4.68 Å². The van der Waals surface area contributed by atoms with E-state index in [-0.39, 0.29) is 0 Å². The fourth-order valence-electron chi connectivity index (χ4n) is 3.92. The summed E-state index contributed by atoms with van der Waals surface area (Å²) in [6.45, 7) is 8.07. The van der Waals surface area contributed by atoms with Gasteiger partial charge in [0, 0.05) is 36.6 Å². The summed E-state index contributed by atoms with van der Waals surface area (Å²) in [5.74, 6) is 1.65. The van der Waals surface area contributed by atoms with Crippen molar-refractivity contribution >= 4 is 11.5 Å². The molecule has 1 aromatic carbocycles. The Morgan fingerprint density at radius 2 is 2.00 bits per heavy atom. The molecule has 5 rings (SSSR count). The van der Waals surface area contributed by atoms with Gasteiger partial charge in [-0.25, -0.2) is 4.98 Å². The number of hydrogen-bond donors (Lipinski definition) is 0. The first-order valence-corrected chi connectivity index (χ1v) is 10.1. The lowest BCUT2D eigenvalue weighted by Crippen LogP contribution is -2.15. The summed E-state index contributed by atoms with van der Waals surface area (Å²) in [7, 11) is 1.93. The van der Waals surface area contributed by atoms with E-state index in [1.54, 1.807) is 6.33 Å². The number of aryl methyl sites for hydroxylation is 2. The fraction of sp³-hybridized carbons (Fsp3) is 0.217. The van der Waals surface area contributed by atoms with E-state index in [0.29, 0.717) is 0 Å². The molecular weight excluding hydrogens is 374 g/mol. The molecule has 1 aliphatic rings. The van der Waals surface area contributed by atoms with Crippen molar-refractivity contribution in [3.05, 3.63) is 72.7 Å². The number of anilines is 1. The molecule has 4 heterocycles. The van der Waals surface area contributed by atoms with Gasteiger partial charge in [0.2, 0.25) is 0 Å². The molecule has 0 aliphatic carbocycles. The predicted octanol–water partition coefficient (Wildman–Crippen LogP) is 4.14. The van der Waals surface area contributed by atoms with Crippen LogP contribution in [-0.4, -0.2) is 29.5 Å². The monoisotopic (exact) mass is 397 g/mol. The van der Waals surface area contributed by atoms with Crippen LogP contribution in [0, 0.1) is 0 Å². The Balaban J connectivity index is 1.46. The van der Waals surface area contributed by atoms with Gasteiger partial charge in [-0.05, 0) is 36.2 Å². The Bertz CT molecular complexity index is 1230. The summed E-state index contributed by atoms with van der Waals surface area (Å²) in [5.41, 5.74) is 6.23. The first kappa shape index (κ1) is 18.3. The third-order valence-electron chi connectivity index (χ3n) is 5.40. The number of hydrogen-bond acceptors (Lipinski definition) is 5. The summed E-state index contributed by atoms with van der Waals surface area (Å²) in [4.78, 5) is 7.03. The molecule has 0 N–H and O–H groups in total. The molecule has 0 spiro atoms. The van der Waals surface area contributed by atoms with E-state index in [1.165, 1.54) is 5.56 Å². The number of pyridine rings is 1. The average Bonchev–Trinajstić information content (AvgIpc) is 3.47. The van der Waals surface area contributed by atoms with Crippen LogP contribution in [-0.2, 0) is 20.1 Å². The molecule has 0 saturated carbocycles. The van der Waals surface area contributed by atoms with Crippen LogP contribution >= 0.6 is 0 Å². The van der Waals surface area contributed by atoms with E-state index in [1.807, 2.05) is 46.8 Å². The van der Waals surface area contributed by atoms with Crippen LogP contribution in [0.2, 0.25) is 0 Å². The molecule has 4 aromatic rings. The van der Waals surface area contributed by atoms with Gasteiger partial charge in [0.15, 0.2) is 5.82 Å². The lowest BCUT2D eigenvalue weighted by atomic mass is 10.0. The van der Waals surface area contributed by atoms with E-state index in [0.717, 1.165) is 59.4 Å². The first-order valence-electron chi connectivity index (χ1n) is 10.1. The third kappa shape index (κ3) is 3.08. The smallest absolute Gasteiger partial charge is 0.182 e. The molecule has 7 heteroatoms. The Morgan fingerprint density at radius 3 is 2.80 bits per heavy atom. The van der Waals surface area contributed by atoms with Crippen molar-refractivity contribution in [2.45, 2.75) is 26.4 Å². The lowest BCUT2D eigenvalue weighted by molar-refractivity contribution is 0.681. The number of nitrogens with zero attached hydrogens (tertiary/aromatic N) is 7. The zero-order chi connectivity index (χ0) is 20.7. The highest BCUT2D eigenvalue weighted by Gasteiger charge is 2.25. The highest BCUT2D eigenvalue weighted by atomic mass is 15.3. The highest BCUT2D eigenvalue weighted by Crippen LogP contribution is 2.37. The van der Waals surface area contributed by atoms with Crippen LogP contribution < -0.4 is 4.90 Å². The minimum Gasteiger partial charge on any atom is -0.322 e. The molecular formula is C23H23N7. The van der Waals surface area contributed by atoms with Crippen LogP contribution in [0.25, 0.3) is 28.5 Å². The van der Waals surface area contributed by atoms with Gasteiger partial charge >= 0.3 is 0 Å². The highest BCUT2D eigenvalue weighted by molar-refractivity contribution is 5.84. The molecule has 3 aromatic heterocycles. The standard InChI is InChI=1S/C23H23N7/c1-4-11-29-15-24-26-23(29)21-6-5-7-22(25-21)30-14-18-13-17(8-9-19(18)16(30)2)20-10-12-28(3)27-20/h5-10,12-13,15H,2,4,11,14H2,1,3H3. The van der Waals surface area contributed by atoms with Crippen LogP contribution in [0.4, 0.5) is 5.82 Å². The van der Waals surface area contributed by atoms with Crippen molar-refractivity contribution in [2.75, 3.05) is 4.90 Å². The molecule has 0 atom stereocenters. The Morgan fingerprint density at radius 1 is 1.10 bits per heavy atom. The van der Waals surface area contributed by atoms with Crippen molar-refractivity contribution in [3.8, 4) is 22.8 Å². The summed E-state index contributed by atoms with van der Waals surface area (Å²) >= 11 is 0. The number of rotatable bonds is 5. The van der Waals surface area contributed by atoms with E-state index < -0.39 is 0 Å². The van der Waals surface area contributed by atoms with E-state index in [2.05, 4.69) is 51.9 Å². The molecule has 0 radical (unpaired) electrons. The quantitative estimate of drug-likeness (QED) is 0.506. The molecule has 0 unspecified atom stereocenters. The molecule has 7 nitrogen and oxygen atoms in total. The number of aromatic nitrogens is 6. The minimum atomic E-state index is 0.729. The van der Waals surface area contributed by atoms with E-state index in [4.69, 9.17) is 4.98 Å². The van der Waals surface area contributed by atoms with Crippen molar-refractivity contribution in [2.24, 2.45) is 7.05 Å². The zero-order valence-corrected chi connectivity index (χ0v) is 17.2. The second-order valence-electron chi connectivity index (χ2n) is 7.51. The van der Waals surface area contributed by atoms with Gasteiger partial charge in [-0.1, -0.05) is 31.7 Å². The Labute approximate surface area is 175 Å². The first-order chi connectivity index (χ1) is 14.6. The summed E-state index contributed by atoms with van der Waals surface area (Å²) in [6.07, 6.45) is 4.74. The zero-order valence-electron chi connectivity index (χ0n) is 17.2. The van der Waals surface area contributed by atoms with Gasteiger partial charge in [0.05, 0.1) is 12.2 Å². The average molecular weight is 397 g/mol. The van der Waals surface area contributed by atoms with Crippen LogP contribution in [0.15, 0.2) is 61.6 Å². The topological polar surface area (TPSA) is 64.7 Å². The Hall–Kier alpha value is -3.74. The third-order valence-corrected chi connectivity index (χ3v) is 5.40. The normalized spacial score (nSPS) is 13.1. The molecule has 0 saturated heterocycles. The number of fused-ring (bicyclic) bond motifs is 1. The second kappa shape index (κ2) is 7.26. The maximum absolute atomic E-state index is 4.88. The van der Waals surface area contributed by atoms with Crippen LogP contribution in [0.5, 0.6) is 0 Å². The lowest BCUT2D eigenvalue weighted by Gasteiger charge is -2.19. The Kier molecular flexibility index (Phi) is 4.43. The van der Waals surface area contributed by atoms with Crippen molar-refractivity contribution in [1.82, 2.24) is 29.5 Å². The second-order valence-corrected chi connectivity index (χ2v) is 7.51. The summed E-state index contributed by atoms with van der Waals surface area (Å²) in [6, 6.07) is 14.5. The summed E-state index contributed by atoms with van der Waals surface area (Å²) < 4.78 is 3.86. The predicted molar refractivity (Wildman–Crippen MR) is 117 cm³/mol. The van der Waals surface area contributed by atoms with Crippen LogP contribution in [0.1, 0.15) is 24.5 Å². The molecule has 0 amide bonds. The van der Waals surface area contributed by atoms with E-state index >= 15 is 0 Å². The molecule has 0 bridgehead atoms. The molecule has 150 valence electrons. The van der Waals surface area contributed by atoms with Gasteiger partial charge in [-0.2, -0.15) is 5.10 Å². The maximum atomic E-state index is 4.88. The summed E-state index contributed by atoms with van der Waals surface area (Å²) in [5, 5.41) is 12.9. The van der Waals surface area contributed by atoms with Gasteiger partial charge < -0.3 is 9.47 Å². The van der Waals surface area contributed by atoms with E-state index in [9.17, 15) is 0 Å². The molecule has 1 aliphatic heterocycles. The van der Waals surface area contributed by atoms with Crippen molar-refractivity contribution in [1.29, 1.82) is 0 Å². The maximum Gasteiger partial charge on any atom is 0.182 e. The van der Waals surface area contributed by atoms with Gasteiger partial charge in [0.25, 0.3) is 0 Å². The minimum absolute atomic E-state index is 0.729. The van der Waals surface area contributed by atoms with Gasteiger partial charge in [-0.15, -0.1) is 10.2 Å². The SMILES string of the molecule is C=C1c2ccc(-c3ccn(C)n3)cc2CN1c1cccc(-c2nncn2CCC)n1. The largest absolute Gasteiger partial charge is 0.322 e. The van der Waals surface area contributed by atoms with Crippen molar-refractivity contribution < 1.29 is 0 Å². The fourth-order valence-corrected chi connectivity index (χ4v) is 3.92. The number of benzene rings is 1. The molecule has 0 fully saturated rings.